The van der Waals surface area contributed by atoms with Gasteiger partial charge in [0.1, 0.15) is 0 Å². The normalized spacial score (nSPS) is 11.6. The summed E-state index contributed by atoms with van der Waals surface area (Å²) < 4.78 is 40.3. The molecular weight excluding hydrogens is 231 g/mol. The molecule has 0 amide bonds. The molecule has 0 unspecified atom stereocenters. The summed E-state index contributed by atoms with van der Waals surface area (Å²) in [6, 6.07) is 6.04. The average molecular weight is 247 g/mol. The Morgan fingerprint density at radius 2 is 1.88 bits per heavy atom. The fourth-order valence-corrected chi connectivity index (χ4v) is 1.32. The number of hydrogen-bond donors (Lipinski definition) is 1. The van der Waals surface area contributed by atoms with E-state index in [1.165, 1.54) is 12.1 Å². The van der Waals surface area contributed by atoms with Crippen molar-refractivity contribution >= 4 is 5.69 Å². The summed E-state index contributed by atoms with van der Waals surface area (Å²) in [6.07, 6.45) is -3.77. The summed E-state index contributed by atoms with van der Waals surface area (Å²) in [6.45, 7) is 4.73. The van der Waals surface area contributed by atoms with Crippen LogP contribution in [0.25, 0.3) is 0 Å². The van der Waals surface area contributed by atoms with Crippen LogP contribution >= 0.6 is 0 Å². The molecule has 0 radical (unpaired) electrons. The van der Waals surface area contributed by atoms with Crippen LogP contribution in [0.5, 0.6) is 5.75 Å². The Hall–Kier alpha value is -1.39. The highest BCUT2D eigenvalue weighted by Gasteiger charge is 2.31. The fraction of sp³-hybridized carbons (Fsp3) is 0.500. The zero-order valence-corrected chi connectivity index (χ0v) is 9.84. The molecule has 1 rings (SSSR count). The standard InChI is InChI=1S/C12H16F3NO/c1-9(2)7-8-16-10-5-3-4-6-11(10)17-12(13,14)15/h3-6,9,16H,7-8H2,1-2H3. The van der Waals surface area contributed by atoms with Crippen LogP contribution in [0.1, 0.15) is 20.3 Å². The van der Waals surface area contributed by atoms with E-state index in [0.29, 0.717) is 18.2 Å². The first-order valence-electron chi connectivity index (χ1n) is 5.47. The number of nitrogens with one attached hydrogen (secondary N) is 1. The van der Waals surface area contributed by atoms with Crippen molar-refractivity contribution in [3.8, 4) is 5.75 Å². The summed E-state index contributed by atoms with van der Waals surface area (Å²) in [4.78, 5) is 0. The molecule has 0 saturated carbocycles. The molecule has 1 aromatic carbocycles. The first-order valence-corrected chi connectivity index (χ1v) is 5.47. The Morgan fingerprint density at radius 1 is 1.24 bits per heavy atom. The van der Waals surface area contributed by atoms with Crippen molar-refractivity contribution in [1.82, 2.24) is 0 Å². The van der Waals surface area contributed by atoms with Gasteiger partial charge in [0.05, 0.1) is 5.69 Å². The fourth-order valence-electron chi connectivity index (χ4n) is 1.32. The first-order chi connectivity index (χ1) is 7.88. The maximum Gasteiger partial charge on any atom is 0.573 e. The van der Waals surface area contributed by atoms with E-state index < -0.39 is 6.36 Å². The van der Waals surface area contributed by atoms with Crippen LogP contribution in [0.2, 0.25) is 0 Å². The van der Waals surface area contributed by atoms with E-state index in [4.69, 9.17) is 0 Å². The molecule has 0 atom stereocenters. The van der Waals surface area contributed by atoms with E-state index in [0.717, 1.165) is 6.42 Å². The van der Waals surface area contributed by atoms with Gasteiger partial charge in [-0.25, -0.2) is 0 Å². The van der Waals surface area contributed by atoms with E-state index >= 15 is 0 Å². The third kappa shape index (κ3) is 5.47. The quantitative estimate of drug-likeness (QED) is 0.847. The zero-order valence-electron chi connectivity index (χ0n) is 9.84. The van der Waals surface area contributed by atoms with Crippen LogP contribution < -0.4 is 10.1 Å². The number of rotatable bonds is 5. The second kappa shape index (κ2) is 5.80. The van der Waals surface area contributed by atoms with Crippen molar-refractivity contribution in [3.05, 3.63) is 24.3 Å². The van der Waals surface area contributed by atoms with E-state index in [1.54, 1.807) is 12.1 Å². The van der Waals surface area contributed by atoms with Crippen LogP contribution in [0.4, 0.5) is 18.9 Å². The summed E-state index contributed by atoms with van der Waals surface area (Å²) >= 11 is 0. The van der Waals surface area contributed by atoms with Crippen molar-refractivity contribution in [1.29, 1.82) is 0 Å². The number of para-hydroxylation sites is 2. The molecule has 0 fully saturated rings. The molecule has 17 heavy (non-hydrogen) atoms. The molecule has 0 bridgehead atoms. The summed E-state index contributed by atoms with van der Waals surface area (Å²) in [5, 5.41) is 2.94. The lowest BCUT2D eigenvalue weighted by Gasteiger charge is -2.14. The third-order valence-electron chi connectivity index (χ3n) is 2.15. The highest BCUT2D eigenvalue weighted by Crippen LogP contribution is 2.29. The molecule has 0 aliphatic rings. The maximum absolute atomic E-state index is 12.1. The van der Waals surface area contributed by atoms with Crippen molar-refractivity contribution in [3.63, 3.8) is 0 Å². The van der Waals surface area contributed by atoms with Crippen molar-refractivity contribution in [2.45, 2.75) is 26.6 Å². The van der Waals surface area contributed by atoms with Gasteiger partial charge in [-0.1, -0.05) is 26.0 Å². The Kier molecular flexibility index (Phi) is 4.66. The van der Waals surface area contributed by atoms with Gasteiger partial charge in [-0.3, -0.25) is 0 Å². The first kappa shape index (κ1) is 13.7. The molecule has 1 N–H and O–H groups in total. The van der Waals surface area contributed by atoms with Crippen molar-refractivity contribution in [2.24, 2.45) is 5.92 Å². The molecule has 2 nitrogen and oxygen atoms in total. The highest BCUT2D eigenvalue weighted by atomic mass is 19.4. The number of ether oxygens (including phenoxy) is 1. The SMILES string of the molecule is CC(C)CCNc1ccccc1OC(F)(F)F. The molecule has 0 spiro atoms. The lowest BCUT2D eigenvalue weighted by Crippen LogP contribution is -2.18. The summed E-state index contributed by atoms with van der Waals surface area (Å²) in [7, 11) is 0. The van der Waals surface area contributed by atoms with Crippen molar-refractivity contribution < 1.29 is 17.9 Å². The largest absolute Gasteiger partial charge is 0.573 e. The Morgan fingerprint density at radius 3 is 2.47 bits per heavy atom. The molecule has 0 aliphatic heterocycles. The monoisotopic (exact) mass is 247 g/mol. The summed E-state index contributed by atoms with van der Waals surface area (Å²) in [5.41, 5.74) is 0.366. The molecule has 0 saturated heterocycles. The molecule has 0 heterocycles. The second-order valence-electron chi connectivity index (χ2n) is 4.15. The molecule has 96 valence electrons. The number of benzene rings is 1. The third-order valence-corrected chi connectivity index (χ3v) is 2.15. The average Bonchev–Trinajstić information content (AvgIpc) is 2.17. The van der Waals surface area contributed by atoms with Gasteiger partial charge >= 0.3 is 6.36 Å². The van der Waals surface area contributed by atoms with Gasteiger partial charge in [-0.2, -0.15) is 0 Å². The highest BCUT2D eigenvalue weighted by molar-refractivity contribution is 5.56. The summed E-state index contributed by atoms with van der Waals surface area (Å²) in [5.74, 6) is 0.307. The van der Waals surface area contributed by atoms with Gasteiger partial charge in [-0.15, -0.1) is 13.2 Å². The van der Waals surface area contributed by atoms with E-state index in [2.05, 4.69) is 23.9 Å². The molecule has 1 aromatic rings. The minimum Gasteiger partial charge on any atom is -0.404 e. The smallest absolute Gasteiger partial charge is 0.404 e. The molecular formula is C12H16F3NO. The number of hydrogen-bond acceptors (Lipinski definition) is 2. The van der Waals surface area contributed by atoms with Crippen LogP contribution in [-0.4, -0.2) is 12.9 Å². The van der Waals surface area contributed by atoms with E-state index in [-0.39, 0.29) is 5.75 Å². The Balaban J connectivity index is 2.64. The van der Waals surface area contributed by atoms with E-state index in [1.807, 2.05) is 0 Å². The number of alkyl halides is 3. The molecule has 5 heteroatoms. The van der Waals surface area contributed by atoms with Gasteiger partial charge in [0, 0.05) is 6.54 Å². The van der Waals surface area contributed by atoms with Crippen molar-refractivity contribution in [2.75, 3.05) is 11.9 Å². The number of anilines is 1. The molecule has 0 aromatic heterocycles. The van der Waals surface area contributed by atoms with Crippen LogP contribution in [0.15, 0.2) is 24.3 Å². The van der Waals surface area contributed by atoms with Gasteiger partial charge in [-0.05, 0) is 24.5 Å². The van der Waals surface area contributed by atoms with Crippen LogP contribution in [-0.2, 0) is 0 Å². The molecule has 0 aliphatic carbocycles. The van der Waals surface area contributed by atoms with Gasteiger partial charge in [0.2, 0.25) is 0 Å². The topological polar surface area (TPSA) is 21.3 Å². The zero-order chi connectivity index (χ0) is 12.9. The maximum atomic E-state index is 12.1. The van der Waals surface area contributed by atoms with E-state index in [9.17, 15) is 13.2 Å². The Labute approximate surface area is 98.8 Å². The predicted octanol–water partition coefficient (Wildman–Crippen LogP) is 4.04. The van der Waals surface area contributed by atoms with Gasteiger partial charge < -0.3 is 10.1 Å². The lowest BCUT2D eigenvalue weighted by atomic mass is 10.1. The minimum atomic E-state index is -4.66. The van der Waals surface area contributed by atoms with Gasteiger partial charge in [0.25, 0.3) is 0 Å². The lowest BCUT2D eigenvalue weighted by molar-refractivity contribution is -0.274. The van der Waals surface area contributed by atoms with Gasteiger partial charge in [0.15, 0.2) is 5.75 Å². The second-order valence-corrected chi connectivity index (χ2v) is 4.15. The Bertz CT molecular complexity index is 350. The van der Waals surface area contributed by atoms with Crippen LogP contribution in [0, 0.1) is 5.92 Å². The van der Waals surface area contributed by atoms with Crippen LogP contribution in [0.3, 0.4) is 0 Å². The number of halogens is 3. The minimum absolute atomic E-state index is 0.191. The predicted molar refractivity (Wildman–Crippen MR) is 61.1 cm³/mol.